The molecule has 6 unspecified atom stereocenters. The number of rotatable bonds is 38. The van der Waals surface area contributed by atoms with E-state index in [-0.39, 0.29) is 0 Å². The fraction of sp³-hybridized carbons (Fsp3) is 1.00. The molecule has 0 saturated heterocycles. The van der Waals surface area contributed by atoms with Crippen LogP contribution in [0, 0.1) is 35.5 Å². The van der Waals surface area contributed by atoms with Gasteiger partial charge in [-0.3, -0.25) is 0 Å². The second-order valence-corrected chi connectivity index (χ2v) is 20.2. The summed E-state index contributed by atoms with van der Waals surface area (Å²) in [5, 5.41) is 0. The molecule has 364 valence electrons. The minimum atomic E-state index is 0.939. The van der Waals surface area contributed by atoms with Crippen molar-refractivity contribution in [1.82, 2.24) is 0 Å². The molecule has 0 aromatic rings. The van der Waals surface area contributed by atoms with Crippen LogP contribution in [0.4, 0.5) is 0 Å². The molecule has 0 aliphatic heterocycles. The van der Waals surface area contributed by atoms with Crippen molar-refractivity contribution in [3.63, 3.8) is 0 Å². The Bertz CT molecular complexity index is 636. The van der Waals surface area contributed by atoms with E-state index in [1.54, 1.807) is 0 Å². The Kier molecular flexibility index (Phi) is 71.9. The van der Waals surface area contributed by atoms with E-state index in [0.29, 0.717) is 0 Å². The van der Waals surface area contributed by atoms with Crippen LogP contribution < -0.4 is 0 Å². The zero-order valence-corrected chi connectivity index (χ0v) is 45.6. The lowest BCUT2D eigenvalue weighted by Crippen LogP contribution is -1.99. The molecule has 0 fully saturated rings. The summed E-state index contributed by atoms with van der Waals surface area (Å²) in [6.07, 6.45) is 52.6. The molecule has 0 nitrogen and oxygen atoms in total. The first-order valence-corrected chi connectivity index (χ1v) is 28.5. The van der Waals surface area contributed by atoms with Crippen LogP contribution in [0.15, 0.2) is 0 Å². The van der Waals surface area contributed by atoms with Gasteiger partial charge in [0, 0.05) is 0 Å². The standard InChI is InChI=1S/4C12H26.C11H24/c1-5-7-8-12(4)10-9-11(3)6-2;1-4-6-7-8-9-11-12(3)10-5-2;1-4-6-8-9-11-12(3)10-7-5-2;1-4-7-8-9-11-12(6-3)10-5-2;1-4-6-7-8-10-11(3)9-5-2/h11-12H,5-10H2,1-4H3;3*12H,4-11H2,1-3H3;11H,4-10H2,1-3H3. The summed E-state index contributed by atoms with van der Waals surface area (Å²) in [5.41, 5.74) is 0. The molecular formula is C59H128. The van der Waals surface area contributed by atoms with Crippen molar-refractivity contribution in [2.75, 3.05) is 0 Å². The fourth-order valence-corrected chi connectivity index (χ4v) is 8.20. The molecule has 0 aliphatic carbocycles. The van der Waals surface area contributed by atoms with E-state index in [9.17, 15) is 0 Å². The van der Waals surface area contributed by atoms with Crippen molar-refractivity contribution >= 4 is 0 Å². The maximum Gasteiger partial charge on any atom is -0.0417 e. The third-order valence-electron chi connectivity index (χ3n) is 13.2. The van der Waals surface area contributed by atoms with Gasteiger partial charge in [-0.05, 0) is 35.5 Å². The second kappa shape index (κ2) is 62.3. The third-order valence-corrected chi connectivity index (χ3v) is 13.2. The van der Waals surface area contributed by atoms with Crippen LogP contribution in [0.3, 0.4) is 0 Å². The van der Waals surface area contributed by atoms with E-state index in [1.165, 1.54) is 238 Å². The smallest absolute Gasteiger partial charge is 0.0417 e. The van der Waals surface area contributed by atoms with Crippen molar-refractivity contribution < 1.29 is 0 Å². The van der Waals surface area contributed by atoms with Gasteiger partial charge in [0.15, 0.2) is 0 Å². The van der Waals surface area contributed by atoms with Crippen LogP contribution in [0.2, 0.25) is 0 Å². The lowest BCUT2D eigenvalue weighted by Gasteiger charge is -2.13. The summed E-state index contributed by atoms with van der Waals surface area (Å²) in [7, 11) is 0. The molecule has 0 heteroatoms. The van der Waals surface area contributed by atoms with Gasteiger partial charge in [-0.15, -0.1) is 0 Å². The summed E-state index contributed by atoms with van der Waals surface area (Å²) in [5.74, 6) is 5.83. The van der Waals surface area contributed by atoms with Gasteiger partial charge in [0.05, 0.1) is 0 Å². The van der Waals surface area contributed by atoms with Gasteiger partial charge >= 0.3 is 0 Å². The van der Waals surface area contributed by atoms with Gasteiger partial charge in [-0.2, -0.15) is 0 Å². The summed E-state index contributed by atoms with van der Waals surface area (Å²) >= 11 is 0. The van der Waals surface area contributed by atoms with Crippen molar-refractivity contribution in [2.24, 2.45) is 35.5 Å². The Morgan fingerprint density at radius 3 is 0.780 bits per heavy atom. The highest BCUT2D eigenvalue weighted by molar-refractivity contribution is 4.59. The fourth-order valence-electron chi connectivity index (χ4n) is 8.20. The lowest BCUT2D eigenvalue weighted by molar-refractivity contribution is 0.398. The van der Waals surface area contributed by atoms with Crippen molar-refractivity contribution in [1.29, 1.82) is 0 Å². The van der Waals surface area contributed by atoms with Crippen LogP contribution >= 0.6 is 0 Å². The molecule has 0 heterocycles. The summed E-state index contributed by atoms with van der Waals surface area (Å²) < 4.78 is 0. The lowest BCUT2D eigenvalue weighted by atomic mass is 9.93. The molecule has 0 amide bonds. The second-order valence-electron chi connectivity index (χ2n) is 20.2. The highest BCUT2D eigenvalue weighted by atomic mass is 14.1. The predicted octanol–water partition coefficient (Wildman–Crippen LogP) is 23.4. The normalized spacial score (nSPS) is 13.8. The van der Waals surface area contributed by atoms with Crippen LogP contribution in [0.25, 0.3) is 0 Å². The summed E-state index contributed by atoms with van der Waals surface area (Å²) in [4.78, 5) is 0. The molecule has 0 aromatic carbocycles. The Morgan fingerprint density at radius 2 is 0.458 bits per heavy atom. The van der Waals surface area contributed by atoms with Crippen molar-refractivity contribution in [2.45, 2.75) is 348 Å². The number of hydrogen-bond donors (Lipinski definition) is 0. The van der Waals surface area contributed by atoms with Crippen LogP contribution in [0.1, 0.15) is 348 Å². The largest absolute Gasteiger partial charge is 0.0654 e. The first-order valence-electron chi connectivity index (χ1n) is 28.5. The number of hydrogen-bond acceptors (Lipinski definition) is 0. The van der Waals surface area contributed by atoms with E-state index in [1.807, 2.05) is 0 Å². The average Bonchev–Trinajstić information content (AvgIpc) is 3.23. The molecule has 0 radical (unpaired) electrons. The minimum absolute atomic E-state index is 0.939. The Balaban J connectivity index is -0.000000206. The van der Waals surface area contributed by atoms with E-state index < -0.39 is 0 Å². The van der Waals surface area contributed by atoms with Crippen molar-refractivity contribution in [3.8, 4) is 0 Å². The predicted molar refractivity (Wildman–Crippen MR) is 283 cm³/mol. The number of unbranched alkanes of at least 4 members (excludes halogenated alkanes) is 15. The molecule has 0 N–H and O–H groups in total. The molecule has 0 rings (SSSR count). The maximum absolute atomic E-state index is 2.40. The van der Waals surface area contributed by atoms with E-state index in [4.69, 9.17) is 0 Å². The molecule has 59 heavy (non-hydrogen) atoms. The van der Waals surface area contributed by atoms with Gasteiger partial charge in [0.25, 0.3) is 0 Å². The molecule has 0 aromatic heterocycles. The van der Waals surface area contributed by atoms with Crippen molar-refractivity contribution in [3.05, 3.63) is 0 Å². The van der Waals surface area contributed by atoms with Crippen LogP contribution in [0.5, 0.6) is 0 Å². The van der Waals surface area contributed by atoms with Gasteiger partial charge in [0.2, 0.25) is 0 Å². The molecule has 0 bridgehead atoms. The third kappa shape index (κ3) is 69.9. The quantitative estimate of drug-likeness (QED) is 0.0544. The zero-order chi connectivity index (χ0) is 45.6. The first-order chi connectivity index (χ1) is 28.5. The highest BCUT2D eigenvalue weighted by Gasteiger charge is 2.06. The van der Waals surface area contributed by atoms with E-state index in [0.717, 1.165) is 35.5 Å². The van der Waals surface area contributed by atoms with E-state index in [2.05, 4.69) is 111 Å². The van der Waals surface area contributed by atoms with Gasteiger partial charge in [-0.1, -0.05) is 348 Å². The zero-order valence-electron chi connectivity index (χ0n) is 45.6. The van der Waals surface area contributed by atoms with Gasteiger partial charge in [0.1, 0.15) is 0 Å². The molecular weight excluding hydrogens is 709 g/mol. The highest BCUT2D eigenvalue weighted by Crippen LogP contribution is 2.21. The van der Waals surface area contributed by atoms with E-state index >= 15 is 0 Å². The first kappa shape index (κ1) is 68.1. The molecule has 0 aliphatic rings. The Hall–Kier alpha value is 0. The topological polar surface area (TPSA) is 0 Å². The summed E-state index contributed by atoms with van der Waals surface area (Å²) in [6, 6.07) is 0. The minimum Gasteiger partial charge on any atom is -0.0654 e. The maximum atomic E-state index is 2.40. The Morgan fingerprint density at radius 1 is 0.186 bits per heavy atom. The molecule has 6 atom stereocenters. The monoisotopic (exact) mass is 837 g/mol. The average molecular weight is 838 g/mol. The molecule has 0 saturated carbocycles. The van der Waals surface area contributed by atoms with Crippen LogP contribution in [-0.2, 0) is 0 Å². The summed E-state index contributed by atoms with van der Waals surface area (Å²) in [6.45, 7) is 37.1. The van der Waals surface area contributed by atoms with Gasteiger partial charge in [-0.25, -0.2) is 0 Å². The SMILES string of the molecule is CCCCC(C)CCC(C)CC.CCCCCCC(C)CCC.CCCCCCC(C)CCCC.CCCCCCC(CC)CCC.CCCCCCCC(C)CCC. The molecule has 0 spiro atoms. The van der Waals surface area contributed by atoms with Gasteiger partial charge < -0.3 is 0 Å². The Labute approximate surface area is 382 Å². The van der Waals surface area contributed by atoms with Crippen LogP contribution in [-0.4, -0.2) is 0 Å².